The Morgan fingerprint density at radius 1 is 1.33 bits per heavy atom. The fourth-order valence-electron chi connectivity index (χ4n) is 0.714. The topological polar surface area (TPSA) is 27.0 Å². The van der Waals surface area contributed by atoms with Crippen molar-refractivity contribution in [2.24, 2.45) is 0 Å². The van der Waals surface area contributed by atoms with Crippen LogP contribution in [0.1, 0.15) is 5.56 Å². The van der Waals surface area contributed by atoms with Crippen LogP contribution in [0.3, 0.4) is 0 Å². The second kappa shape index (κ2) is 3.13. The summed E-state index contributed by atoms with van der Waals surface area (Å²) < 4.78 is 36.2. The van der Waals surface area contributed by atoms with E-state index in [0.717, 1.165) is 18.2 Å². The minimum atomic E-state index is -1.34. The minimum Gasteiger partial charge on any atom is -0.204 e. The van der Waals surface area contributed by atoms with Crippen LogP contribution < -0.4 is 5.34 Å². The number of halogens is 3. The van der Waals surface area contributed by atoms with Gasteiger partial charge in [0.1, 0.15) is 5.69 Å². The molecule has 0 saturated heterocycles. The largest absolute Gasteiger partial charge is 0.204 e. The van der Waals surface area contributed by atoms with Crippen LogP contribution >= 0.6 is 0 Å². The van der Waals surface area contributed by atoms with Gasteiger partial charge in [-0.3, -0.25) is 0 Å². The molecule has 0 atom stereocenters. The van der Waals surface area contributed by atoms with Gasteiger partial charge in [-0.25, -0.2) is 4.39 Å². The Morgan fingerprint density at radius 2 is 2.00 bits per heavy atom. The summed E-state index contributed by atoms with van der Waals surface area (Å²) in [6, 6.07) is 4.34. The van der Waals surface area contributed by atoms with E-state index in [1.165, 1.54) is 0 Å². The number of hydrogen-bond donors (Lipinski definition) is 0. The molecular weight excluding hydrogens is 169 g/mol. The molecule has 0 aliphatic carbocycles. The first kappa shape index (κ1) is 8.40. The zero-order valence-corrected chi connectivity index (χ0v) is 5.76. The normalized spacial score (nSPS) is 9.17. The van der Waals surface area contributed by atoms with Gasteiger partial charge in [-0.15, -0.1) is 0 Å². The molecule has 0 amide bonds. The molecule has 1 aromatic rings. The molecule has 0 aliphatic rings. The van der Waals surface area contributed by atoms with E-state index in [-0.39, 0.29) is 5.56 Å². The Morgan fingerprint density at radius 3 is 2.42 bits per heavy atom. The molecule has 0 aromatic heterocycles. The van der Waals surface area contributed by atoms with E-state index >= 15 is 0 Å². The molecule has 0 saturated carbocycles. The summed E-state index contributed by atoms with van der Waals surface area (Å²) in [6.07, 6.45) is 0. The lowest BCUT2D eigenvalue weighted by Gasteiger charge is -2.02. The number of nitriles is 1. The molecule has 1 aromatic carbocycles. The van der Waals surface area contributed by atoms with E-state index in [1.54, 1.807) is 6.07 Å². The van der Waals surface area contributed by atoms with Gasteiger partial charge >= 0.3 is 0 Å². The summed E-state index contributed by atoms with van der Waals surface area (Å²) in [5.74, 6) is -1.11. The van der Waals surface area contributed by atoms with E-state index in [4.69, 9.17) is 5.26 Å². The van der Waals surface area contributed by atoms with Crippen LogP contribution in [0.25, 0.3) is 0 Å². The molecule has 2 nitrogen and oxygen atoms in total. The Hall–Kier alpha value is -1.70. The zero-order valence-electron chi connectivity index (χ0n) is 5.76. The summed E-state index contributed by atoms with van der Waals surface area (Å²) >= 11 is 0. The van der Waals surface area contributed by atoms with Crippen LogP contribution in [0.2, 0.25) is 0 Å². The molecule has 0 unspecified atom stereocenters. The fourth-order valence-corrected chi connectivity index (χ4v) is 0.714. The van der Waals surface area contributed by atoms with Crippen LogP contribution in [0.5, 0.6) is 0 Å². The lowest BCUT2D eigenvalue weighted by atomic mass is 10.2. The molecular formula is C7H3F3N2. The number of hydrogen-bond acceptors (Lipinski definition) is 2. The van der Waals surface area contributed by atoms with Gasteiger partial charge in [-0.2, -0.15) is 5.26 Å². The maximum Gasteiger partial charge on any atom is 0.153 e. The molecule has 0 fully saturated rings. The summed E-state index contributed by atoms with van der Waals surface area (Å²) in [4.78, 5) is 0. The van der Waals surface area contributed by atoms with Crippen molar-refractivity contribution >= 4 is 5.69 Å². The number of nitrogens with zero attached hydrogens (tertiary/aromatic N) is 2. The van der Waals surface area contributed by atoms with Gasteiger partial charge in [-0.05, 0) is 23.5 Å². The van der Waals surface area contributed by atoms with Gasteiger partial charge < -0.3 is 0 Å². The van der Waals surface area contributed by atoms with Crippen LogP contribution in [-0.4, -0.2) is 0 Å². The van der Waals surface area contributed by atoms with Crippen molar-refractivity contribution < 1.29 is 13.4 Å². The highest BCUT2D eigenvalue weighted by atomic mass is 19.4. The van der Waals surface area contributed by atoms with E-state index in [0.29, 0.717) is 0 Å². The van der Waals surface area contributed by atoms with E-state index in [9.17, 15) is 13.4 Å². The SMILES string of the molecule is N#Cc1ccc(N(F)F)c(F)c1. The van der Waals surface area contributed by atoms with E-state index in [1.807, 2.05) is 0 Å². The van der Waals surface area contributed by atoms with Crippen LogP contribution in [0.15, 0.2) is 18.2 Å². The summed E-state index contributed by atoms with van der Waals surface area (Å²) in [5.41, 5.74) is -0.827. The lowest BCUT2D eigenvalue weighted by molar-refractivity contribution is 0.231. The van der Waals surface area contributed by atoms with Crippen LogP contribution in [0.4, 0.5) is 19.0 Å². The maximum absolute atomic E-state index is 12.6. The minimum absolute atomic E-state index is 0.0121. The van der Waals surface area contributed by atoms with Gasteiger partial charge in [0.25, 0.3) is 0 Å². The molecule has 5 heteroatoms. The van der Waals surface area contributed by atoms with Crippen molar-refractivity contribution in [3.63, 3.8) is 0 Å². The molecule has 0 spiro atoms. The highest BCUT2D eigenvalue weighted by Crippen LogP contribution is 2.20. The van der Waals surface area contributed by atoms with Gasteiger partial charge in [0, 0.05) is 0 Å². The number of rotatable bonds is 1. The lowest BCUT2D eigenvalue weighted by Crippen LogP contribution is -1.98. The van der Waals surface area contributed by atoms with Crippen molar-refractivity contribution in [3.8, 4) is 6.07 Å². The highest BCUT2D eigenvalue weighted by Gasteiger charge is 2.10. The predicted molar refractivity (Wildman–Crippen MR) is 35.8 cm³/mol. The van der Waals surface area contributed by atoms with Gasteiger partial charge in [-0.1, -0.05) is 8.96 Å². The quantitative estimate of drug-likeness (QED) is 0.607. The smallest absolute Gasteiger partial charge is 0.153 e. The molecule has 1 rings (SSSR count). The Bertz CT molecular complexity index is 330. The summed E-state index contributed by atoms with van der Waals surface area (Å²) in [6.45, 7) is 0. The fraction of sp³-hybridized carbons (Fsp3) is 0. The summed E-state index contributed by atoms with van der Waals surface area (Å²) in [5, 5.41) is 6.94. The third-order valence-electron chi connectivity index (χ3n) is 1.26. The first-order chi connectivity index (χ1) is 5.65. The van der Waals surface area contributed by atoms with E-state index < -0.39 is 16.8 Å². The Kier molecular flexibility index (Phi) is 2.19. The average molecular weight is 172 g/mol. The molecule has 0 aliphatic heterocycles. The standard InChI is InChI=1S/C7H3F3N2/c8-6-3-5(4-11)1-2-7(6)12(9)10/h1-3H. The molecule has 0 N–H and O–H groups in total. The summed E-state index contributed by atoms with van der Waals surface area (Å²) in [7, 11) is 0. The molecule has 12 heavy (non-hydrogen) atoms. The van der Waals surface area contributed by atoms with E-state index in [2.05, 4.69) is 0 Å². The molecule has 62 valence electrons. The number of benzene rings is 1. The van der Waals surface area contributed by atoms with Crippen molar-refractivity contribution in [3.05, 3.63) is 29.6 Å². The average Bonchev–Trinajstić information content (AvgIpc) is 2.03. The zero-order chi connectivity index (χ0) is 9.14. The first-order valence-electron chi connectivity index (χ1n) is 2.96. The first-order valence-corrected chi connectivity index (χ1v) is 2.96. The van der Waals surface area contributed by atoms with Crippen LogP contribution in [0, 0.1) is 17.1 Å². The third-order valence-corrected chi connectivity index (χ3v) is 1.26. The van der Waals surface area contributed by atoms with Crippen molar-refractivity contribution in [2.45, 2.75) is 0 Å². The third kappa shape index (κ3) is 1.48. The predicted octanol–water partition coefficient (Wildman–Crippen LogP) is 2.27. The van der Waals surface area contributed by atoms with Gasteiger partial charge in [0.05, 0.1) is 11.6 Å². The second-order valence-electron chi connectivity index (χ2n) is 2.01. The number of anilines is 1. The second-order valence-corrected chi connectivity index (χ2v) is 2.01. The monoisotopic (exact) mass is 172 g/mol. The van der Waals surface area contributed by atoms with Crippen molar-refractivity contribution in [2.75, 3.05) is 5.34 Å². The van der Waals surface area contributed by atoms with Gasteiger partial charge in [0.15, 0.2) is 5.82 Å². The molecule has 0 heterocycles. The van der Waals surface area contributed by atoms with Gasteiger partial charge in [0.2, 0.25) is 0 Å². The molecule has 0 radical (unpaired) electrons. The van der Waals surface area contributed by atoms with Crippen LogP contribution in [-0.2, 0) is 0 Å². The molecule has 0 bridgehead atoms. The van der Waals surface area contributed by atoms with Crippen molar-refractivity contribution in [1.29, 1.82) is 5.26 Å². The Labute approximate surface area is 66.3 Å². The highest BCUT2D eigenvalue weighted by molar-refractivity contribution is 5.47. The maximum atomic E-state index is 12.6. The van der Waals surface area contributed by atoms with Crippen molar-refractivity contribution in [1.82, 2.24) is 0 Å². The Balaban J connectivity index is 3.14.